The number of oxime groups is 1. The number of nitrogens with two attached hydrogens (primary N) is 1. The second-order valence-corrected chi connectivity index (χ2v) is 4.30. The molecule has 0 aromatic heterocycles. The number of hydrogen-bond donors (Lipinski definition) is 2. The molecular formula is C12H16FN3O. The van der Waals surface area contributed by atoms with Crippen molar-refractivity contribution in [3.8, 4) is 0 Å². The third kappa shape index (κ3) is 2.05. The molecule has 1 fully saturated rings. The average molecular weight is 237 g/mol. The van der Waals surface area contributed by atoms with Gasteiger partial charge in [-0.15, -0.1) is 0 Å². The van der Waals surface area contributed by atoms with Gasteiger partial charge in [0.1, 0.15) is 5.82 Å². The van der Waals surface area contributed by atoms with Gasteiger partial charge in [0.25, 0.3) is 0 Å². The van der Waals surface area contributed by atoms with E-state index in [4.69, 9.17) is 10.9 Å². The van der Waals surface area contributed by atoms with Gasteiger partial charge in [-0.3, -0.25) is 0 Å². The molecule has 0 saturated carbocycles. The van der Waals surface area contributed by atoms with E-state index in [2.05, 4.69) is 17.0 Å². The third-order valence-corrected chi connectivity index (χ3v) is 3.22. The lowest BCUT2D eigenvalue weighted by molar-refractivity contribution is 0.318. The first-order chi connectivity index (χ1) is 8.15. The van der Waals surface area contributed by atoms with Crippen LogP contribution in [0.15, 0.2) is 23.4 Å². The van der Waals surface area contributed by atoms with Gasteiger partial charge in [-0.25, -0.2) is 4.39 Å². The Balaban J connectivity index is 2.50. The molecule has 0 amide bonds. The van der Waals surface area contributed by atoms with E-state index < -0.39 is 5.82 Å². The Kier molecular flexibility index (Phi) is 3.17. The molecule has 1 aliphatic heterocycles. The van der Waals surface area contributed by atoms with Crippen molar-refractivity contribution in [3.63, 3.8) is 0 Å². The van der Waals surface area contributed by atoms with Crippen LogP contribution in [-0.4, -0.2) is 23.6 Å². The number of anilines is 1. The smallest absolute Gasteiger partial charge is 0.175 e. The summed E-state index contributed by atoms with van der Waals surface area (Å²) >= 11 is 0. The molecule has 5 heteroatoms. The molecule has 92 valence electrons. The molecule has 0 bridgehead atoms. The van der Waals surface area contributed by atoms with Gasteiger partial charge < -0.3 is 15.8 Å². The number of benzene rings is 1. The van der Waals surface area contributed by atoms with Crippen molar-refractivity contribution in [1.29, 1.82) is 0 Å². The van der Waals surface area contributed by atoms with E-state index in [0.717, 1.165) is 19.4 Å². The molecule has 1 saturated heterocycles. The van der Waals surface area contributed by atoms with Crippen molar-refractivity contribution in [2.45, 2.75) is 25.8 Å². The Morgan fingerprint density at radius 1 is 1.59 bits per heavy atom. The fourth-order valence-corrected chi connectivity index (χ4v) is 2.35. The molecule has 1 aromatic carbocycles. The molecule has 1 aromatic rings. The van der Waals surface area contributed by atoms with Crippen LogP contribution < -0.4 is 10.6 Å². The minimum Gasteiger partial charge on any atom is -0.409 e. The summed E-state index contributed by atoms with van der Waals surface area (Å²) < 4.78 is 13.8. The standard InChI is InChI=1S/C12H16FN3O/c1-8-4-3-7-16(8)10-6-2-5-9(13)11(10)12(14)15-17/h2,5-6,8,17H,3-4,7H2,1H3,(H2,14,15). The van der Waals surface area contributed by atoms with E-state index in [1.54, 1.807) is 12.1 Å². The normalized spacial score (nSPS) is 20.9. The summed E-state index contributed by atoms with van der Waals surface area (Å²) in [4.78, 5) is 2.09. The molecule has 4 nitrogen and oxygen atoms in total. The maximum atomic E-state index is 13.8. The van der Waals surface area contributed by atoms with Gasteiger partial charge in [0.05, 0.1) is 11.3 Å². The van der Waals surface area contributed by atoms with Gasteiger partial charge in [-0.1, -0.05) is 11.2 Å². The SMILES string of the molecule is CC1CCCN1c1cccc(F)c1C(N)=NO. The van der Waals surface area contributed by atoms with Crippen LogP contribution in [0.2, 0.25) is 0 Å². The summed E-state index contributed by atoms with van der Waals surface area (Å²) in [5.41, 5.74) is 6.43. The lowest BCUT2D eigenvalue weighted by atomic mass is 10.1. The molecule has 3 N–H and O–H groups in total. The largest absolute Gasteiger partial charge is 0.409 e. The Morgan fingerprint density at radius 2 is 2.35 bits per heavy atom. The molecule has 1 aliphatic rings. The van der Waals surface area contributed by atoms with Crippen LogP contribution >= 0.6 is 0 Å². The van der Waals surface area contributed by atoms with Gasteiger partial charge >= 0.3 is 0 Å². The molecule has 0 radical (unpaired) electrons. The lowest BCUT2D eigenvalue weighted by Crippen LogP contribution is -2.30. The predicted octanol–water partition coefficient (Wildman–Crippen LogP) is 1.91. The van der Waals surface area contributed by atoms with Gasteiger partial charge in [-0.05, 0) is 31.9 Å². The molecule has 1 atom stereocenters. The van der Waals surface area contributed by atoms with Crippen molar-refractivity contribution in [1.82, 2.24) is 0 Å². The number of rotatable bonds is 2. The quantitative estimate of drug-likeness (QED) is 0.357. The molecule has 0 spiro atoms. The third-order valence-electron chi connectivity index (χ3n) is 3.22. The molecule has 1 heterocycles. The zero-order valence-corrected chi connectivity index (χ0v) is 9.73. The number of hydrogen-bond acceptors (Lipinski definition) is 3. The van der Waals surface area contributed by atoms with Gasteiger partial charge in [0.15, 0.2) is 5.84 Å². The topological polar surface area (TPSA) is 61.8 Å². The summed E-state index contributed by atoms with van der Waals surface area (Å²) in [6, 6.07) is 5.11. The Labute approximate surface area is 99.5 Å². The molecule has 17 heavy (non-hydrogen) atoms. The average Bonchev–Trinajstić information content (AvgIpc) is 2.74. The number of nitrogens with zero attached hydrogens (tertiary/aromatic N) is 2. The molecule has 0 aliphatic carbocycles. The maximum Gasteiger partial charge on any atom is 0.175 e. The van der Waals surface area contributed by atoms with E-state index in [0.29, 0.717) is 11.7 Å². The second kappa shape index (κ2) is 4.61. The van der Waals surface area contributed by atoms with Crippen LogP contribution in [0.4, 0.5) is 10.1 Å². The van der Waals surface area contributed by atoms with Crippen molar-refractivity contribution in [2.75, 3.05) is 11.4 Å². The van der Waals surface area contributed by atoms with E-state index in [1.165, 1.54) is 6.07 Å². The molecular weight excluding hydrogens is 221 g/mol. The molecule has 2 rings (SSSR count). The first kappa shape index (κ1) is 11.7. The van der Waals surface area contributed by atoms with Crippen molar-refractivity contribution in [3.05, 3.63) is 29.6 Å². The van der Waals surface area contributed by atoms with Gasteiger partial charge in [0, 0.05) is 12.6 Å². The fraction of sp³-hybridized carbons (Fsp3) is 0.417. The van der Waals surface area contributed by atoms with E-state index >= 15 is 0 Å². The summed E-state index contributed by atoms with van der Waals surface area (Å²) in [6.45, 7) is 2.96. The van der Waals surface area contributed by atoms with Crippen molar-refractivity contribution < 1.29 is 9.60 Å². The first-order valence-electron chi connectivity index (χ1n) is 5.68. The zero-order chi connectivity index (χ0) is 12.4. The number of amidine groups is 1. The minimum absolute atomic E-state index is 0.183. The van der Waals surface area contributed by atoms with E-state index in [-0.39, 0.29) is 11.4 Å². The van der Waals surface area contributed by atoms with Crippen molar-refractivity contribution >= 4 is 11.5 Å². The summed E-state index contributed by atoms with van der Waals surface area (Å²) in [5.74, 6) is -0.644. The van der Waals surface area contributed by atoms with Crippen LogP contribution in [0.25, 0.3) is 0 Å². The highest BCUT2D eigenvalue weighted by Crippen LogP contribution is 2.29. The Morgan fingerprint density at radius 3 is 2.94 bits per heavy atom. The minimum atomic E-state index is -0.461. The monoisotopic (exact) mass is 237 g/mol. The molecule has 1 unspecified atom stereocenters. The zero-order valence-electron chi connectivity index (χ0n) is 9.73. The van der Waals surface area contributed by atoms with E-state index in [9.17, 15) is 4.39 Å². The van der Waals surface area contributed by atoms with Crippen LogP contribution in [-0.2, 0) is 0 Å². The summed E-state index contributed by atoms with van der Waals surface area (Å²) in [6.07, 6.45) is 2.15. The highest BCUT2D eigenvalue weighted by molar-refractivity contribution is 6.02. The predicted molar refractivity (Wildman–Crippen MR) is 65.0 cm³/mol. The van der Waals surface area contributed by atoms with Gasteiger partial charge in [-0.2, -0.15) is 0 Å². The maximum absolute atomic E-state index is 13.8. The summed E-state index contributed by atoms with van der Waals surface area (Å²) in [7, 11) is 0. The second-order valence-electron chi connectivity index (χ2n) is 4.30. The highest BCUT2D eigenvalue weighted by Gasteiger charge is 2.25. The van der Waals surface area contributed by atoms with E-state index in [1.807, 2.05) is 0 Å². The lowest BCUT2D eigenvalue weighted by Gasteiger charge is -2.26. The number of halogens is 1. The summed E-state index contributed by atoms with van der Waals surface area (Å²) in [5, 5.41) is 11.6. The first-order valence-corrected chi connectivity index (χ1v) is 5.68. The Bertz CT molecular complexity index is 447. The fourth-order valence-electron chi connectivity index (χ4n) is 2.35. The van der Waals surface area contributed by atoms with Gasteiger partial charge in [0.2, 0.25) is 0 Å². The highest BCUT2D eigenvalue weighted by atomic mass is 19.1. The van der Waals surface area contributed by atoms with Crippen LogP contribution in [0.1, 0.15) is 25.3 Å². The van der Waals surface area contributed by atoms with Crippen LogP contribution in [0.5, 0.6) is 0 Å². The van der Waals surface area contributed by atoms with Crippen LogP contribution in [0.3, 0.4) is 0 Å². The van der Waals surface area contributed by atoms with Crippen molar-refractivity contribution in [2.24, 2.45) is 10.9 Å². The van der Waals surface area contributed by atoms with Crippen LogP contribution in [0, 0.1) is 5.82 Å². The Hall–Kier alpha value is -1.78.